The Balaban J connectivity index is 1.14. The molecule has 0 radical (unpaired) electrons. The van der Waals surface area contributed by atoms with Gasteiger partial charge in [0.05, 0.1) is 5.69 Å². The van der Waals surface area contributed by atoms with Gasteiger partial charge in [-0.2, -0.15) is 5.10 Å². The van der Waals surface area contributed by atoms with Crippen LogP contribution in [0.5, 0.6) is 0 Å². The van der Waals surface area contributed by atoms with E-state index in [0.717, 1.165) is 60.5 Å². The summed E-state index contributed by atoms with van der Waals surface area (Å²) < 4.78 is 1.92. The van der Waals surface area contributed by atoms with Crippen LogP contribution in [-0.4, -0.2) is 38.6 Å². The Morgan fingerprint density at radius 1 is 1.19 bits per heavy atom. The van der Waals surface area contributed by atoms with E-state index in [-0.39, 0.29) is 16.9 Å². The third-order valence-electron chi connectivity index (χ3n) is 6.94. The van der Waals surface area contributed by atoms with E-state index >= 15 is 0 Å². The van der Waals surface area contributed by atoms with Crippen LogP contribution >= 0.6 is 11.3 Å². The third kappa shape index (κ3) is 6.74. The number of aldehydes is 1. The molecule has 196 valence electrons. The fraction of sp³-hybridized carbons (Fsp3) is 0.519. The zero-order valence-corrected chi connectivity index (χ0v) is 22.5. The van der Waals surface area contributed by atoms with Gasteiger partial charge in [-0.15, -0.1) is 11.3 Å². The number of carbonyl (C=O) groups is 2. The van der Waals surface area contributed by atoms with Crippen molar-refractivity contribution in [1.82, 2.24) is 19.7 Å². The summed E-state index contributed by atoms with van der Waals surface area (Å²) in [5.41, 5.74) is 1.84. The van der Waals surface area contributed by atoms with Gasteiger partial charge in [-0.1, -0.05) is 20.8 Å². The Labute approximate surface area is 221 Å². The van der Waals surface area contributed by atoms with Crippen molar-refractivity contribution in [2.24, 2.45) is 11.3 Å². The minimum atomic E-state index is -0.313. The van der Waals surface area contributed by atoms with E-state index in [0.29, 0.717) is 23.4 Å². The van der Waals surface area contributed by atoms with Crippen LogP contribution < -0.4 is 16.0 Å². The SMILES string of the molecule is CC(C)(C)c1cc(NC(=O)Nc2ncc(CCc3ccnc(NCC4(C=O)CC4)c3)s2)n(CC2CC2)n1. The molecule has 2 saturated carbocycles. The number of nitrogens with zero attached hydrogens (tertiary/aromatic N) is 4. The van der Waals surface area contributed by atoms with Gasteiger partial charge in [0.1, 0.15) is 17.9 Å². The van der Waals surface area contributed by atoms with Crippen molar-refractivity contribution in [3.8, 4) is 0 Å². The smallest absolute Gasteiger partial charge is 0.326 e. The number of rotatable bonds is 11. The maximum absolute atomic E-state index is 12.7. The Kier molecular flexibility index (Phi) is 7.02. The van der Waals surface area contributed by atoms with E-state index in [1.54, 1.807) is 6.20 Å². The van der Waals surface area contributed by atoms with Gasteiger partial charge in [0.15, 0.2) is 5.13 Å². The molecule has 2 aliphatic carbocycles. The quantitative estimate of drug-likeness (QED) is 0.297. The summed E-state index contributed by atoms with van der Waals surface area (Å²) in [5, 5.41) is 14.5. The van der Waals surface area contributed by atoms with E-state index in [4.69, 9.17) is 5.10 Å². The van der Waals surface area contributed by atoms with E-state index in [1.165, 1.54) is 24.2 Å². The number of hydrogen-bond acceptors (Lipinski definition) is 7. The summed E-state index contributed by atoms with van der Waals surface area (Å²) in [6.07, 6.45) is 10.7. The van der Waals surface area contributed by atoms with Gasteiger partial charge in [-0.05, 0) is 62.1 Å². The highest BCUT2D eigenvalue weighted by atomic mass is 32.1. The fourth-order valence-electron chi connectivity index (χ4n) is 4.05. The molecule has 0 unspecified atom stereocenters. The topological polar surface area (TPSA) is 114 Å². The minimum Gasteiger partial charge on any atom is -0.369 e. The summed E-state index contributed by atoms with van der Waals surface area (Å²) in [4.78, 5) is 33.8. The number of thiazole rings is 1. The molecule has 9 nitrogen and oxygen atoms in total. The molecule has 2 fully saturated rings. The number of carbonyl (C=O) groups excluding carboxylic acids is 2. The van der Waals surface area contributed by atoms with Gasteiger partial charge < -0.3 is 10.1 Å². The van der Waals surface area contributed by atoms with Crippen LogP contribution in [-0.2, 0) is 29.6 Å². The van der Waals surface area contributed by atoms with Crippen molar-refractivity contribution in [3.05, 3.63) is 46.7 Å². The molecule has 5 rings (SSSR count). The first kappa shape index (κ1) is 25.4. The van der Waals surface area contributed by atoms with Crippen molar-refractivity contribution in [1.29, 1.82) is 0 Å². The Bertz CT molecular complexity index is 1270. The van der Waals surface area contributed by atoms with Crippen molar-refractivity contribution in [2.75, 3.05) is 22.5 Å². The summed E-state index contributed by atoms with van der Waals surface area (Å²) in [6, 6.07) is 5.69. The number of urea groups is 1. The van der Waals surface area contributed by atoms with Gasteiger partial charge in [0.2, 0.25) is 0 Å². The molecule has 37 heavy (non-hydrogen) atoms. The maximum Gasteiger partial charge on any atom is 0.326 e. The summed E-state index contributed by atoms with van der Waals surface area (Å²) in [5.74, 6) is 2.16. The average Bonchev–Trinajstić information content (AvgIpc) is 3.76. The van der Waals surface area contributed by atoms with Crippen LogP contribution in [0.2, 0.25) is 0 Å². The number of aryl methyl sites for hydroxylation is 2. The van der Waals surface area contributed by atoms with Crippen LogP contribution in [0.25, 0.3) is 0 Å². The molecule has 0 aliphatic heterocycles. The van der Waals surface area contributed by atoms with Gasteiger partial charge in [-0.3, -0.25) is 10.6 Å². The number of anilines is 3. The Morgan fingerprint density at radius 3 is 2.70 bits per heavy atom. The van der Waals surface area contributed by atoms with Crippen LogP contribution in [0.1, 0.15) is 62.6 Å². The highest BCUT2D eigenvalue weighted by molar-refractivity contribution is 7.15. The van der Waals surface area contributed by atoms with Crippen molar-refractivity contribution in [2.45, 2.75) is 71.3 Å². The van der Waals surface area contributed by atoms with Gasteiger partial charge in [0.25, 0.3) is 0 Å². The first-order chi connectivity index (χ1) is 17.7. The first-order valence-corrected chi connectivity index (χ1v) is 13.8. The van der Waals surface area contributed by atoms with E-state index in [2.05, 4.69) is 46.7 Å². The molecule has 3 N–H and O–H groups in total. The zero-order chi connectivity index (χ0) is 26.0. The molecule has 2 aliphatic rings. The van der Waals surface area contributed by atoms with Crippen molar-refractivity contribution < 1.29 is 9.59 Å². The molecule has 3 heterocycles. The predicted octanol–water partition coefficient (Wildman–Crippen LogP) is 5.26. The summed E-state index contributed by atoms with van der Waals surface area (Å²) >= 11 is 1.48. The maximum atomic E-state index is 12.7. The molecule has 0 atom stereocenters. The van der Waals surface area contributed by atoms with E-state index in [1.807, 2.05) is 29.1 Å². The fourth-order valence-corrected chi connectivity index (χ4v) is 4.86. The lowest BCUT2D eigenvalue weighted by molar-refractivity contribution is -0.111. The second-order valence-corrected chi connectivity index (χ2v) is 12.5. The van der Waals surface area contributed by atoms with Gasteiger partial charge in [-0.25, -0.2) is 19.4 Å². The van der Waals surface area contributed by atoms with Gasteiger partial charge in [0, 0.05) is 47.3 Å². The second kappa shape index (κ2) is 10.2. The summed E-state index contributed by atoms with van der Waals surface area (Å²) in [7, 11) is 0. The predicted molar refractivity (Wildman–Crippen MR) is 146 cm³/mol. The van der Waals surface area contributed by atoms with Crippen LogP contribution in [0.4, 0.5) is 21.6 Å². The lowest BCUT2D eigenvalue weighted by Crippen LogP contribution is -2.21. The first-order valence-electron chi connectivity index (χ1n) is 13.0. The molecule has 0 aromatic carbocycles. The molecular weight excluding hydrogens is 486 g/mol. The van der Waals surface area contributed by atoms with Crippen LogP contribution in [0.3, 0.4) is 0 Å². The number of pyridine rings is 1. The van der Waals surface area contributed by atoms with Crippen LogP contribution in [0.15, 0.2) is 30.6 Å². The molecular formula is C27H35N7O2S. The molecule has 10 heteroatoms. The largest absolute Gasteiger partial charge is 0.369 e. The Hall–Kier alpha value is -3.27. The second-order valence-electron chi connectivity index (χ2n) is 11.4. The third-order valence-corrected chi connectivity index (χ3v) is 7.91. The lowest BCUT2D eigenvalue weighted by Gasteiger charge is -2.14. The number of hydrogen-bond donors (Lipinski definition) is 3. The normalized spacial score (nSPS) is 16.3. The van der Waals surface area contributed by atoms with Crippen LogP contribution in [0, 0.1) is 11.3 Å². The number of aromatic nitrogens is 4. The highest BCUT2D eigenvalue weighted by Gasteiger charge is 2.42. The lowest BCUT2D eigenvalue weighted by atomic mass is 9.92. The minimum absolute atomic E-state index is 0.0908. The zero-order valence-electron chi connectivity index (χ0n) is 21.7. The van der Waals surface area contributed by atoms with Crippen molar-refractivity contribution in [3.63, 3.8) is 0 Å². The molecule has 3 aromatic heterocycles. The molecule has 0 bridgehead atoms. The highest BCUT2D eigenvalue weighted by Crippen LogP contribution is 2.43. The van der Waals surface area contributed by atoms with E-state index < -0.39 is 0 Å². The Morgan fingerprint density at radius 2 is 2.00 bits per heavy atom. The molecule has 0 saturated heterocycles. The molecule has 2 amide bonds. The summed E-state index contributed by atoms with van der Waals surface area (Å²) in [6.45, 7) is 7.84. The number of nitrogens with one attached hydrogen (secondary N) is 3. The standard InChI is InChI=1S/C27H35N7O2S/c1-26(2,3)21-13-23(34(33-21)15-19-4-5-19)31-24(36)32-25-29-14-20(37-25)7-6-18-8-11-28-22(12-18)30-16-27(17-35)9-10-27/h8,11-14,17,19H,4-7,9-10,15-16H2,1-3H3,(H,28,30)(H2,29,31,32,36). The number of amides is 2. The molecule has 3 aromatic rings. The average molecular weight is 522 g/mol. The van der Waals surface area contributed by atoms with Crippen molar-refractivity contribution >= 4 is 40.4 Å². The van der Waals surface area contributed by atoms with Gasteiger partial charge >= 0.3 is 6.03 Å². The monoisotopic (exact) mass is 521 g/mol. The molecule has 0 spiro atoms. The van der Waals surface area contributed by atoms with E-state index in [9.17, 15) is 9.59 Å².